The van der Waals surface area contributed by atoms with Gasteiger partial charge in [-0.2, -0.15) is 0 Å². The van der Waals surface area contributed by atoms with E-state index in [0.29, 0.717) is 5.26 Å². The molecule has 1 spiro atoms. The van der Waals surface area contributed by atoms with Gasteiger partial charge in [0.25, 0.3) is 0 Å². The molecule has 10 fully saturated rings. The topological polar surface area (TPSA) is 0 Å². The first-order valence-corrected chi connectivity index (χ1v) is 27.3. The fraction of sp³-hybridized carbons (Fsp3) is 1.00. The Morgan fingerprint density at radius 1 is 0.692 bits per heavy atom. The van der Waals surface area contributed by atoms with Gasteiger partial charge in [-0.1, -0.05) is 0 Å². The van der Waals surface area contributed by atoms with Crippen LogP contribution < -0.4 is 0 Å². The third kappa shape index (κ3) is 0.0338. The van der Waals surface area contributed by atoms with Gasteiger partial charge in [0.2, 0.25) is 0 Å². The molecule has 4 unspecified atom stereocenters. The Morgan fingerprint density at radius 2 is 1.08 bits per heavy atom. The fourth-order valence-corrected chi connectivity index (χ4v) is 430. The number of hydrogen-bond acceptors (Lipinski definition) is 0. The Hall–Kier alpha value is 1.45. The molecular formula is C10H8Cl2Hf. The van der Waals surface area contributed by atoms with Crippen LogP contribution in [0.5, 0.6) is 0 Å². The van der Waals surface area contributed by atoms with Gasteiger partial charge in [0.1, 0.15) is 0 Å². The van der Waals surface area contributed by atoms with Crippen LogP contribution in [0.4, 0.5) is 0 Å². The molecular weight excluding hydrogens is 370 g/mol. The van der Waals surface area contributed by atoms with Crippen molar-refractivity contribution in [1.29, 1.82) is 0 Å². The molecule has 0 amide bonds. The number of fused-ring (bicyclic) bond motifs is 10. The molecule has 0 aromatic heterocycles. The Labute approximate surface area is 68.4 Å². The molecule has 0 aromatic rings. The van der Waals surface area contributed by atoms with E-state index in [1.54, 1.807) is 0 Å². The zero-order valence-electron chi connectivity index (χ0n) is 6.87. The maximum atomic E-state index is 7.11. The third-order valence-corrected chi connectivity index (χ3v) is 174. The molecule has 10 saturated heterocycles. The van der Waals surface area contributed by atoms with Gasteiger partial charge in [0.05, 0.1) is 0 Å². The van der Waals surface area contributed by atoms with E-state index in [-0.39, 0.29) is 0 Å². The van der Waals surface area contributed by atoms with Crippen molar-refractivity contribution >= 4 is 23.2 Å². The molecule has 0 saturated carbocycles. The first-order valence-electron chi connectivity index (χ1n) is 6.35. The van der Waals surface area contributed by atoms with Crippen molar-refractivity contribution < 1.29 is 11.2 Å². The molecule has 3 heteroatoms. The van der Waals surface area contributed by atoms with Crippen molar-refractivity contribution in [2.45, 2.75) is 34.7 Å². The monoisotopic (exact) mass is 378 g/mol. The molecule has 10 heterocycles. The average molecular weight is 378 g/mol. The molecule has 0 bridgehead atoms. The minimum absolute atomic E-state index is 0.408. The minimum atomic E-state index is -3.67. The number of rotatable bonds is 0. The maximum absolute atomic E-state index is 7.11. The molecule has 0 nitrogen and oxygen atoms in total. The van der Waals surface area contributed by atoms with Crippen molar-refractivity contribution in [2.75, 3.05) is 0 Å². The Balaban J connectivity index is 2.20. The Morgan fingerprint density at radius 3 is 1.08 bits per heavy atom. The summed E-state index contributed by atoms with van der Waals surface area (Å²) in [7, 11) is 0. The van der Waals surface area contributed by atoms with Crippen LogP contribution in [-0.2, 0) is 11.2 Å². The summed E-state index contributed by atoms with van der Waals surface area (Å²) in [6.07, 6.45) is 0. The van der Waals surface area contributed by atoms with E-state index in [2.05, 4.69) is 0 Å². The van der Waals surface area contributed by atoms with Crippen LogP contribution in [0.15, 0.2) is 0 Å². The quantitative estimate of drug-likeness (QED) is 0.446. The SMILES string of the molecule is Cl[C]12[CH]3[CH]4[CH]5[C]1(Cl)[Hf]43521678[CH]2[CH]1[CH]6[CH]7[CH]28. The standard InChI is InChI=1S/C5H3Cl2.C5H5.Hf/c6-4-2-1-3-5(4)7;1-2-4-5-3-1;/h1-3H;1-5H;. The Bertz CT molecular complexity index is 822. The van der Waals surface area contributed by atoms with Gasteiger partial charge in [-0.3, -0.25) is 0 Å². The normalized spacial score (nSPS) is 158. The average Bonchev–Trinajstić information content (AvgIpc) is 3.02. The van der Waals surface area contributed by atoms with Crippen LogP contribution in [0.2, 0.25) is 29.4 Å². The summed E-state index contributed by atoms with van der Waals surface area (Å²) >= 11 is 10.6. The van der Waals surface area contributed by atoms with Crippen LogP contribution in [0.1, 0.15) is 0 Å². The van der Waals surface area contributed by atoms with E-state index in [9.17, 15) is 0 Å². The van der Waals surface area contributed by atoms with Crippen LogP contribution in [-0.4, -0.2) is 5.26 Å². The van der Waals surface area contributed by atoms with Gasteiger partial charge in [0.15, 0.2) is 0 Å². The summed E-state index contributed by atoms with van der Waals surface area (Å²) in [5, 5.41) is 0. The molecule has 4 atom stereocenters. The van der Waals surface area contributed by atoms with Crippen molar-refractivity contribution in [3.8, 4) is 0 Å². The second-order valence-corrected chi connectivity index (χ2v) is 91.6. The van der Waals surface area contributed by atoms with Gasteiger partial charge in [0, 0.05) is 0 Å². The third-order valence-electron chi connectivity index (χ3n) is 20.0. The van der Waals surface area contributed by atoms with Crippen LogP contribution >= 0.6 is 23.2 Å². The first-order chi connectivity index (χ1) is 5.94. The molecule has 10 aliphatic rings. The van der Waals surface area contributed by atoms with Gasteiger partial charge in [-0.15, -0.1) is 0 Å². The first kappa shape index (κ1) is 4.75. The predicted octanol–water partition coefficient (Wildman–Crippen LogP) is 3.67. The van der Waals surface area contributed by atoms with E-state index < -0.39 is 11.2 Å². The molecule has 0 N–H and O–H groups in total. The fourth-order valence-electron chi connectivity index (χ4n) is 23.2. The van der Waals surface area contributed by atoms with Crippen LogP contribution in [0.3, 0.4) is 0 Å². The van der Waals surface area contributed by atoms with E-state index in [4.69, 9.17) is 23.2 Å². The van der Waals surface area contributed by atoms with Crippen molar-refractivity contribution in [1.82, 2.24) is 0 Å². The summed E-state index contributed by atoms with van der Waals surface area (Å²) in [6, 6.07) is 0. The number of halogens is 2. The molecule has 0 aromatic carbocycles. The van der Waals surface area contributed by atoms with Gasteiger partial charge in [-0.05, 0) is 0 Å². The zero-order valence-corrected chi connectivity index (χ0v) is 12.0. The molecule has 0 aliphatic carbocycles. The van der Waals surface area contributed by atoms with Crippen LogP contribution in [0.25, 0.3) is 0 Å². The van der Waals surface area contributed by atoms with Crippen LogP contribution in [0, 0.1) is 0 Å². The summed E-state index contributed by atoms with van der Waals surface area (Å²) in [5.74, 6) is 0. The molecule has 10 rings (SSSR count). The summed E-state index contributed by atoms with van der Waals surface area (Å²) in [4.78, 5) is 0. The van der Waals surface area contributed by atoms with Gasteiger partial charge >= 0.3 is 69.0 Å². The summed E-state index contributed by atoms with van der Waals surface area (Å²) in [5.41, 5.74) is 0. The van der Waals surface area contributed by atoms with E-state index >= 15 is 0 Å². The predicted molar refractivity (Wildman–Crippen MR) is 47.2 cm³/mol. The Kier molecular flexibility index (Phi) is 0.112. The van der Waals surface area contributed by atoms with Gasteiger partial charge < -0.3 is 0 Å². The van der Waals surface area contributed by atoms with E-state index in [1.165, 1.54) is 29.4 Å². The summed E-state index contributed by atoms with van der Waals surface area (Å²) in [6.45, 7) is 0. The summed E-state index contributed by atoms with van der Waals surface area (Å²) < 4.78 is 11.0. The van der Waals surface area contributed by atoms with Crippen molar-refractivity contribution in [3.05, 3.63) is 0 Å². The van der Waals surface area contributed by atoms with Crippen molar-refractivity contribution in [2.24, 2.45) is 0 Å². The second-order valence-electron chi connectivity index (χ2n) is 12.6. The van der Waals surface area contributed by atoms with Crippen molar-refractivity contribution in [3.63, 3.8) is 0 Å². The zero-order chi connectivity index (χ0) is 7.94. The second kappa shape index (κ2) is 0.307. The molecule has 13 heavy (non-hydrogen) atoms. The molecule has 66 valence electrons. The van der Waals surface area contributed by atoms with E-state index in [1.807, 2.05) is 0 Å². The van der Waals surface area contributed by atoms with Gasteiger partial charge in [-0.25, -0.2) is 0 Å². The number of alkyl halides is 2. The van der Waals surface area contributed by atoms with E-state index in [0.717, 1.165) is 0 Å². The molecule has 0 radical (unpaired) electrons. The number of hydrogen-bond donors (Lipinski definition) is 0. The molecule has 10 aliphatic heterocycles.